The van der Waals surface area contributed by atoms with Crippen molar-refractivity contribution in [1.29, 1.82) is 5.26 Å². The summed E-state index contributed by atoms with van der Waals surface area (Å²) in [4.78, 5) is 13.7. The first-order valence-electron chi connectivity index (χ1n) is 10.8. The Morgan fingerprint density at radius 1 is 0.697 bits per heavy atom. The van der Waals surface area contributed by atoms with Crippen LogP contribution in [0.1, 0.15) is 11.1 Å². The molecule has 3 heteroatoms. The Kier molecular flexibility index (Phi) is 6.84. The molecule has 0 atom stereocenters. The highest BCUT2D eigenvalue weighted by Crippen LogP contribution is 2.46. The summed E-state index contributed by atoms with van der Waals surface area (Å²) in [5, 5.41) is 13.7. The van der Waals surface area contributed by atoms with Gasteiger partial charge in [0.1, 0.15) is 11.4 Å². The third-order valence-electron chi connectivity index (χ3n) is 5.71. The summed E-state index contributed by atoms with van der Waals surface area (Å²) in [7, 11) is 0. The van der Waals surface area contributed by atoms with Crippen molar-refractivity contribution >= 4 is 40.0 Å². The van der Waals surface area contributed by atoms with Crippen molar-refractivity contribution in [2.24, 2.45) is 0 Å². The molecule has 0 radical (unpaired) electrons. The highest BCUT2D eigenvalue weighted by Gasteiger charge is 2.32. The van der Waals surface area contributed by atoms with Crippen LogP contribution in [0.4, 0.5) is 0 Å². The lowest BCUT2D eigenvalue weighted by Crippen LogP contribution is -2.32. The highest BCUT2D eigenvalue weighted by atomic mass is 31.2. The van der Waals surface area contributed by atoms with Crippen LogP contribution in [-0.4, -0.2) is 11.1 Å². The number of ketones is 1. The molecule has 0 aromatic heterocycles. The van der Waals surface area contributed by atoms with Gasteiger partial charge in [0, 0.05) is 0 Å². The molecule has 33 heavy (non-hydrogen) atoms. The van der Waals surface area contributed by atoms with Gasteiger partial charge in [0.05, 0.1) is 0 Å². The van der Waals surface area contributed by atoms with Gasteiger partial charge in [-0.2, -0.15) is 5.26 Å². The quantitative estimate of drug-likeness (QED) is 0.300. The molecule has 4 rings (SSSR count). The molecule has 0 heterocycles. The summed E-state index contributed by atoms with van der Waals surface area (Å²) in [6, 6.07) is 40.1. The molecular weight excluding hydrogens is 421 g/mol. The van der Waals surface area contributed by atoms with E-state index in [0.29, 0.717) is 0 Å². The van der Waals surface area contributed by atoms with E-state index in [2.05, 4.69) is 6.07 Å². The van der Waals surface area contributed by atoms with Gasteiger partial charge in [-0.3, -0.25) is 4.79 Å². The molecule has 0 unspecified atom stereocenters. The van der Waals surface area contributed by atoms with Crippen LogP contribution in [0, 0.1) is 18.3 Å². The summed E-state index contributed by atoms with van der Waals surface area (Å²) < 4.78 is 0. The Morgan fingerprint density at radius 3 is 1.55 bits per heavy atom. The Balaban J connectivity index is 2.07. The third-order valence-corrected chi connectivity index (χ3v) is 9.92. The number of carbonyl (C=O) groups excluding carboxylic acids is 1. The fourth-order valence-electron chi connectivity index (χ4n) is 4.10. The predicted molar refractivity (Wildman–Crippen MR) is 141 cm³/mol. The highest BCUT2D eigenvalue weighted by molar-refractivity contribution is 7.97. The maximum Gasteiger partial charge on any atom is 0.197 e. The molecule has 160 valence electrons. The van der Waals surface area contributed by atoms with Crippen molar-refractivity contribution in [1.82, 2.24) is 0 Å². The molecule has 4 aromatic rings. The van der Waals surface area contributed by atoms with Gasteiger partial charge >= 0.3 is 0 Å². The molecule has 2 nitrogen and oxygen atoms in total. The van der Waals surface area contributed by atoms with Crippen LogP contribution in [0.5, 0.6) is 0 Å². The van der Waals surface area contributed by atoms with Gasteiger partial charge in [-0.05, 0) is 46.9 Å². The number of hydrogen-bond acceptors (Lipinski definition) is 2. The van der Waals surface area contributed by atoms with E-state index in [1.165, 1.54) is 0 Å². The minimum absolute atomic E-state index is 0.259. The zero-order valence-electron chi connectivity index (χ0n) is 18.4. The van der Waals surface area contributed by atoms with E-state index in [1.54, 1.807) is 6.08 Å². The Hall–Kier alpha value is -3.92. The van der Waals surface area contributed by atoms with Gasteiger partial charge in [0.25, 0.3) is 0 Å². The molecule has 0 aliphatic carbocycles. The van der Waals surface area contributed by atoms with Crippen molar-refractivity contribution in [3.8, 4) is 6.07 Å². The average molecular weight is 446 g/mol. The Labute approximate surface area is 195 Å². The molecule has 0 aliphatic heterocycles. The van der Waals surface area contributed by atoms with E-state index in [1.807, 2.05) is 128 Å². The van der Waals surface area contributed by atoms with E-state index in [-0.39, 0.29) is 11.1 Å². The van der Waals surface area contributed by atoms with Crippen molar-refractivity contribution in [2.45, 2.75) is 6.92 Å². The lowest BCUT2D eigenvalue weighted by atomic mass is 10.1. The Morgan fingerprint density at radius 2 is 1.12 bits per heavy atom. The van der Waals surface area contributed by atoms with Crippen molar-refractivity contribution in [3.63, 3.8) is 0 Å². The number of carbonyl (C=O) groups is 1. The van der Waals surface area contributed by atoms with Crippen LogP contribution in [-0.2, 0) is 4.79 Å². The lowest BCUT2D eigenvalue weighted by Gasteiger charge is -2.29. The summed E-state index contributed by atoms with van der Waals surface area (Å²) in [5.74, 6) is -0.259. The largest absolute Gasteiger partial charge is 0.288 e. The number of aryl methyl sites for hydroxylation is 1. The normalized spacial score (nSPS) is 11.2. The number of rotatable bonds is 6. The van der Waals surface area contributed by atoms with Crippen LogP contribution in [0.15, 0.2) is 121 Å². The number of nitriles is 1. The number of allylic oxidation sites excluding steroid dienone is 1. The van der Waals surface area contributed by atoms with Crippen LogP contribution in [0.2, 0.25) is 0 Å². The van der Waals surface area contributed by atoms with E-state index >= 15 is 0 Å². The predicted octanol–water partition coefficient (Wildman–Crippen LogP) is 5.27. The summed E-state index contributed by atoms with van der Waals surface area (Å²) in [5.41, 5.74) is 2.04. The number of hydrogen-bond donors (Lipinski definition) is 0. The minimum atomic E-state index is -2.70. The maximum absolute atomic E-state index is 13.7. The Bertz CT molecular complexity index is 1280. The number of benzene rings is 4. The fourth-order valence-corrected chi connectivity index (χ4v) is 8.19. The fraction of sp³-hybridized carbons (Fsp3) is 0.0333. The second-order valence-electron chi connectivity index (χ2n) is 7.69. The molecular formula is C30H24NOP. The minimum Gasteiger partial charge on any atom is -0.288 e. The van der Waals surface area contributed by atoms with Gasteiger partial charge in [-0.15, -0.1) is 0 Å². The van der Waals surface area contributed by atoms with Gasteiger partial charge in [-0.25, -0.2) is 0 Å². The zero-order chi connectivity index (χ0) is 23.1. The van der Waals surface area contributed by atoms with E-state index in [4.69, 9.17) is 0 Å². The molecule has 0 aliphatic rings. The van der Waals surface area contributed by atoms with Gasteiger partial charge < -0.3 is 0 Å². The zero-order valence-corrected chi connectivity index (χ0v) is 19.3. The lowest BCUT2D eigenvalue weighted by molar-refractivity contribution is -0.108. The van der Waals surface area contributed by atoms with Gasteiger partial charge in [0.2, 0.25) is 0 Å². The molecule has 0 fully saturated rings. The number of nitrogens with zero attached hydrogens (tertiary/aromatic N) is 1. The van der Waals surface area contributed by atoms with Crippen molar-refractivity contribution in [2.75, 3.05) is 0 Å². The standard InChI is InChI=1S/C30H24NOP/c1-24-13-11-12-14-25(24)21-22-29(32)30(23-31)33(26-15-5-2-6-16-26,27-17-7-3-8-18-27)28-19-9-4-10-20-28/h2-22H,1H3. The topological polar surface area (TPSA) is 40.9 Å². The van der Waals surface area contributed by atoms with Crippen molar-refractivity contribution in [3.05, 3.63) is 132 Å². The first kappa shape index (κ1) is 22.3. The first-order valence-corrected chi connectivity index (χ1v) is 12.6. The summed E-state index contributed by atoms with van der Waals surface area (Å²) >= 11 is 0. The maximum atomic E-state index is 13.7. The molecule has 0 saturated carbocycles. The van der Waals surface area contributed by atoms with E-state index in [0.717, 1.165) is 27.0 Å². The first-order chi connectivity index (χ1) is 16.2. The smallest absolute Gasteiger partial charge is 0.197 e. The molecule has 0 amide bonds. The van der Waals surface area contributed by atoms with E-state index in [9.17, 15) is 10.1 Å². The molecule has 4 aromatic carbocycles. The molecule has 0 bridgehead atoms. The van der Waals surface area contributed by atoms with Gasteiger partial charge in [-0.1, -0.05) is 121 Å². The van der Waals surface area contributed by atoms with Crippen LogP contribution >= 0.6 is 6.89 Å². The van der Waals surface area contributed by atoms with Crippen LogP contribution < -0.4 is 15.9 Å². The summed E-state index contributed by atoms with van der Waals surface area (Å²) in [6.07, 6.45) is 3.36. The third kappa shape index (κ3) is 4.37. The van der Waals surface area contributed by atoms with Crippen molar-refractivity contribution < 1.29 is 4.79 Å². The molecule has 0 N–H and O–H groups in total. The molecule has 0 spiro atoms. The SMILES string of the molecule is Cc1ccccc1C=CC(=O)C(C#N)=P(c1ccccc1)(c1ccccc1)c1ccccc1. The average Bonchev–Trinajstić information content (AvgIpc) is 2.88. The van der Waals surface area contributed by atoms with Gasteiger partial charge in [0.15, 0.2) is 5.78 Å². The molecule has 0 saturated heterocycles. The van der Waals surface area contributed by atoms with Crippen LogP contribution in [0.25, 0.3) is 6.08 Å². The van der Waals surface area contributed by atoms with Crippen LogP contribution in [0.3, 0.4) is 0 Å². The monoisotopic (exact) mass is 445 g/mol. The second-order valence-corrected chi connectivity index (χ2v) is 11.0. The second kappa shape index (κ2) is 10.1. The van der Waals surface area contributed by atoms with E-state index < -0.39 is 6.89 Å². The summed E-state index contributed by atoms with van der Waals surface area (Å²) in [6.45, 7) is -0.690.